The lowest BCUT2D eigenvalue weighted by molar-refractivity contribution is -0.198. The maximum absolute atomic E-state index is 14.5. The molecule has 12 nitrogen and oxygen atoms in total. The Bertz CT molecular complexity index is 1790. The third-order valence-electron chi connectivity index (χ3n) is 10.0. The van der Waals surface area contributed by atoms with Gasteiger partial charge in [-0.1, -0.05) is 39.8 Å². The number of hydrogen-bond acceptors (Lipinski definition) is 9. The van der Waals surface area contributed by atoms with Crippen LogP contribution in [0, 0.1) is 24.1 Å². The molecule has 0 saturated carbocycles. The molecule has 1 aromatic heterocycles. The summed E-state index contributed by atoms with van der Waals surface area (Å²) in [6, 6.07) is 11.3. The zero-order chi connectivity index (χ0) is 38.2. The topological polar surface area (TPSA) is 157 Å². The van der Waals surface area contributed by atoms with Gasteiger partial charge in [0.2, 0.25) is 12.2 Å². The van der Waals surface area contributed by atoms with Crippen molar-refractivity contribution in [2.24, 2.45) is 11.3 Å². The second-order valence-electron chi connectivity index (χ2n) is 13.2. The van der Waals surface area contributed by atoms with E-state index in [4.69, 9.17) is 14.2 Å². The number of likely N-dealkylation sites (tertiary alicyclic amines) is 1. The molecule has 2 heterocycles. The van der Waals surface area contributed by atoms with Crippen LogP contribution in [0.15, 0.2) is 59.4 Å². The molecule has 1 saturated heterocycles. The molecule has 3 aromatic rings. The van der Waals surface area contributed by atoms with E-state index in [2.05, 4.69) is 15.5 Å². The molecular weight excluding hydrogens is 671 g/mol. The average molecular weight is 721 g/mol. The van der Waals surface area contributed by atoms with Crippen LogP contribution in [-0.2, 0) is 23.9 Å². The van der Waals surface area contributed by atoms with E-state index < -0.39 is 65.0 Å². The molecule has 4 rings (SSSR count). The number of esters is 2. The van der Waals surface area contributed by atoms with E-state index in [1.54, 1.807) is 30.9 Å². The highest BCUT2D eigenvalue weighted by Gasteiger charge is 2.54. The third kappa shape index (κ3) is 8.86. The van der Waals surface area contributed by atoms with Crippen LogP contribution >= 0.6 is 0 Å². The first kappa shape index (κ1) is 39.7. The first-order valence-electron chi connectivity index (χ1n) is 17.9. The summed E-state index contributed by atoms with van der Waals surface area (Å²) >= 11 is 0. The molecule has 0 bridgehead atoms. The summed E-state index contributed by atoms with van der Waals surface area (Å²) in [4.78, 5) is 68.2. The molecule has 0 spiro atoms. The van der Waals surface area contributed by atoms with Crippen molar-refractivity contribution < 1.29 is 37.8 Å². The van der Waals surface area contributed by atoms with E-state index >= 15 is 0 Å². The van der Waals surface area contributed by atoms with Gasteiger partial charge in [0, 0.05) is 24.6 Å². The molecule has 2 N–H and O–H groups in total. The molecule has 1 aliphatic rings. The van der Waals surface area contributed by atoms with Gasteiger partial charge in [0.1, 0.15) is 17.6 Å². The SMILES string of the molecule is CCC(CC)C(=O)OC(C)OC(=O)C(CC)(CC)[C@H]1CC[C@@H](c2cccc(F)c2)N1C(=O)[C@@H](C)NC(=O)c1ccc(Oc2cc(C)n[nH]c2=O)cc1. The predicted molar refractivity (Wildman–Crippen MR) is 191 cm³/mol. The lowest BCUT2D eigenvalue weighted by Crippen LogP contribution is -2.56. The van der Waals surface area contributed by atoms with Crippen LogP contribution in [0.4, 0.5) is 4.39 Å². The lowest BCUT2D eigenvalue weighted by Gasteiger charge is -2.43. The van der Waals surface area contributed by atoms with Gasteiger partial charge in [0.25, 0.3) is 5.91 Å². The number of nitrogens with zero attached hydrogens (tertiary/aromatic N) is 2. The molecule has 4 atom stereocenters. The van der Waals surface area contributed by atoms with Crippen molar-refractivity contribution in [2.75, 3.05) is 0 Å². The smallest absolute Gasteiger partial charge is 0.317 e. The van der Waals surface area contributed by atoms with E-state index in [1.807, 2.05) is 27.7 Å². The Morgan fingerprint density at radius 2 is 1.65 bits per heavy atom. The molecule has 0 aliphatic carbocycles. The quantitative estimate of drug-likeness (QED) is 0.132. The molecule has 280 valence electrons. The minimum atomic E-state index is -1.19. The highest BCUT2D eigenvalue weighted by molar-refractivity contribution is 5.97. The minimum Gasteiger partial charge on any atom is -0.451 e. The fraction of sp³-hybridized carbons (Fsp3) is 0.487. The number of aryl methyl sites for hydroxylation is 1. The molecule has 0 radical (unpaired) electrons. The van der Waals surface area contributed by atoms with Crippen LogP contribution < -0.4 is 15.6 Å². The summed E-state index contributed by atoms with van der Waals surface area (Å²) in [5.74, 6) is -2.45. The summed E-state index contributed by atoms with van der Waals surface area (Å²) in [7, 11) is 0. The Hall–Kier alpha value is -5.07. The van der Waals surface area contributed by atoms with Gasteiger partial charge >= 0.3 is 17.5 Å². The monoisotopic (exact) mass is 720 g/mol. The Balaban J connectivity index is 1.57. The molecule has 1 unspecified atom stereocenters. The standard InChI is InChI=1S/C39H49FN4O8/c1-8-26(9-2)37(48)50-25(7)51-38(49)39(10-3,11-4)33-20-19-31(28-13-12-14-29(40)22-28)44(33)36(47)24(6)41-34(45)27-15-17-30(18-16-27)52-32-21-23(5)42-43-35(32)46/h12-18,21-22,24-26,31,33H,8-11,19-20H2,1-7H3,(H,41,45)(H,43,46)/t24-,25?,31+,33-/m1/s1. The molecular formula is C39H49FN4O8. The van der Waals surface area contributed by atoms with Crippen molar-refractivity contribution in [1.29, 1.82) is 0 Å². The zero-order valence-corrected chi connectivity index (χ0v) is 30.9. The number of carbonyl (C=O) groups is 4. The van der Waals surface area contributed by atoms with Crippen molar-refractivity contribution in [3.05, 3.63) is 87.6 Å². The first-order valence-corrected chi connectivity index (χ1v) is 17.9. The number of ether oxygens (including phenoxy) is 3. The van der Waals surface area contributed by atoms with Crippen LogP contribution in [0.1, 0.15) is 108 Å². The summed E-state index contributed by atoms with van der Waals surface area (Å²) in [5, 5.41) is 8.94. The number of amides is 2. The van der Waals surface area contributed by atoms with Crippen LogP contribution in [0.5, 0.6) is 11.5 Å². The highest BCUT2D eigenvalue weighted by Crippen LogP contribution is 2.48. The van der Waals surface area contributed by atoms with Crippen molar-refractivity contribution in [3.63, 3.8) is 0 Å². The Kier molecular flexibility index (Phi) is 13.3. The number of aromatic nitrogens is 2. The van der Waals surface area contributed by atoms with E-state index in [1.165, 1.54) is 49.4 Å². The van der Waals surface area contributed by atoms with Crippen LogP contribution in [-0.4, -0.2) is 57.2 Å². The summed E-state index contributed by atoms with van der Waals surface area (Å²) < 4.78 is 31.4. The summed E-state index contributed by atoms with van der Waals surface area (Å²) in [5.41, 5.74) is -0.334. The van der Waals surface area contributed by atoms with Gasteiger partial charge < -0.3 is 24.4 Å². The maximum Gasteiger partial charge on any atom is 0.317 e. The fourth-order valence-electron chi connectivity index (χ4n) is 6.95. The zero-order valence-electron chi connectivity index (χ0n) is 30.9. The van der Waals surface area contributed by atoms with Crippen LogP contribution in [0.25, 0.3) is 0 Å². The van der Waals surface area contributed by atoms with Gasteiger partial charge in [-0.3, -0.25) is 24.0 Å². The van der Waals surface area contributed by atoms with E-state index in [-0.39, 0.29) is 17.2 Å². The molecule has 2 amide bonds. The highest BCUT2D eigenvalue weighted by atomic mass is 19.1. The van der Waals surface area contributed by atoms with Crippen molar-refractivity contribution >= 4 is 23.8 Å². The molecule has 2 aromatic carbocycles. The Morgan fingerprint density at radius 3 is 2.27 bits per heavy atom. The molecule has 13 heteroatoms. The van der Waals surface area contributed by atoms with E-state index in [9.17, 15) is 28.4 Å². The average Bonchev–Trinajstić information content (AvgIpc) is 3.56. The number of rotatable bonds is 15. The summed E-state index contributed by atoms with van der Waals surface area (Å²) in [6.45, 7) is 12.2. The van der Waals surface area contributed by atoms with Crippen molar-refractivity contribution in [3.8, 4) is 11.5 Å². The number of nitrogens with one attached hydrogen (secondary N) is 2. The number of H-pyrrole nitrogens is 1. The largest absolute Gasteiger partial charge is 0.451 e. The first-order chi connectivity index (χ1) is 24.8. The van der Waals surface area contributed by atoms with Gasteiger partial charge in [-0.2, -0.15) is 5.10 Å². The van der Waals surface area contributed by atoms with Gasteiger partial charge in [-0.05, 0) is 94.3 Å². The number of halogens is 1. The van der Waals surface area contributed by atoms with Crippen LogP contribution in [0.2, 0.25) is 0 Å². The minimum absolute atomic E-state index is 0.0492. The van der Waals surface area contributed by atoms with Crippen molar-refractivity contribution in [2.45, 2.75) is 111 Å². The van der Waals surface area contributed by atoms with Gasteiger partial charge in [0.05, 0.1) is 23.1 Å². The second-order valence-corrected chi connectivity index (χ2v) is 13.2. The Labute approximate surface area is 303 Å². The van der Waals surface area contributed by atoms with E-state index in [0.717, 1.165) is 0 Å². The lowest BCUT2D eigenvalue weighted by atomic mass is 9.74. The van der Waals surface area contributed by atoms with E-state index in [0.29, 0.717) is 55.5 Å². The Morgan fingerprint density at radius 1 is 0.981 bits per heavy atom. The van der Waals surface area contributed by atoms with Gasteiger partial charge in [-0.25, -0.2) is 9.49 Å². The number of carbonyl (C=O) groups excluding carboxylic acids is 4. The normalized spacial score (nSPS) is 17.0. The van der Waals surface area contributed by atoms with Crippen LogP contribution in [0.3, 0.4) is 0 Å². The predicted octanol–water partition coefficient (Wildman–Crippen LogP) is 6.54. The second kappa shape index (κ2) is 17.4. The fourth-order valence-corrected chi connectivity index (χ4v) is 6.95. The summed E-state index contributed by atoms with van der Waals surface area (Å²) in [6.07, 6.45) is 1.50. The van der Waals surface area contributed by atoms with Gasteiger partial charge in [-0.15, -0.1) is 0 Å². The van der Waals surface area contributed by atoms with Crippen molar-refractivity contribution in [1.82, 2.24) is 20.4 Å². The molecule has 52 heavy (non-hydrogen) atoms. The number of benzene rings is 2. The molecule has 1 aliphatic heterocycles. The number of aromatic amines is 1. The maximum atomic E-state index is 14.5. The molecule has 1 fully saturated rings. The van der Waals surface area contributed by atoms with Gasteiger partial charge in [0.15, 0.2) is 5.75 Å². The third-order valence-corrected chi connectivity index (χ3v) is 10.0. The number of hydrogen-bond donors (Lipinski definition) is 2.